The van der Waals surface area contributed by atoms with Gasteiger partial charge in [-0.1, -0.05) is 0 Å². The number of benzene rings is 1. The van der Waals surface area contributed by atoms with Gasteiger partial charge in [-0.15, -0.1) is 0 Å². The van der Waals surface area contributed by atoms with E-state index in [4.69, 9.17) is 4.42 Å². The number of H-pyrrole nitrogens is 1. The number of fused-ring (bicyclic) bond motifs is 1. The van der Waals surface area contributed by atoms with Crippen molar-refractivity contribution in [2.75, 3.05) is 5.32 Å². The Morgan fingerprint density at radius 2 is 2.10 bits per heavy atom. The Kier molecular flexibility index (Phi) is 3.01. The summed E-state index contributed by atoms with van der Waals surface area (Å²) in [4.78, 5) is 12.4. The zero-order chi connectivity index (χ0) is 15.1. The maximum Gasteiger partial charge on any atom is 0.291 e. The lowest BCUT2D eigenvalue weighted by Gasteiger charge is -2.03. The topological polar surface area (TPSA) is 70.9 Å². The first-order chi connectivity index (χ1) is 9.97. The average Bonchev–Trinajstić information content (AvgIpc) is 2.94. The Bertz CT molecular complexity index is 829. The number of furan rings is 1. The van der Waals surface area contributed by atoms with Crippen LogP contribution in [0.25, 0.3) is 11.0 Å². The highest BCUT2D eigenvalue weighted by Crippen LogP contribution is 2.27. The number of aromatic amines is 1. The highest BCUT2D eigenvalue weighted by molar-refractivity contribution is 6.06. The van der Waals surface area contributed by atoms with E-state index in [9.17, 15) is 9.18 Å². The number of carbonyl (C=O) groups is 1. The van der Waals surface area contributed by atoms with E-state index in [0.29, 0.717) is 27.9 Å². The van der Waals surface area contributed by atoms with Crippen molar-refractivity contribution < 1.29 is 13.6 Å². The van der Waals surface area contributed by atoms with Crippen LogP contribution in [0.3, 0.4) is 0 Å². The smallest absolute Gasteiger partial charge is 0.291 e. The molecule has 3 rings (SSSR count). The number of hydrogen-bond donors (Lipinski definition) is 2. The molecule has 108 valence electrons. The van der Waals surface area contributed by atoms with Gasteiger partial charge in [0.15, 0.2) is 5.76 Å². The molecule has 0 atom stereocenters. The van der Waals surface area contributed by atoms with Gasteiger partial charge in [-0.25, -0.2) is 4.39 Å². The summed E-state index contributed by atoms with van der Waals surface area (Å²) in [6.07, 6.45) is 0. The number of hydrogen-bond acceptors (Lipinski definition) is 3. The third-order valence-electron chi connectivity index (χ3n) is 3.47. The monoisotopic (exact) mass is 287 g/mol. The zero-order valence-corrected chi connectivity index (χ0v) is 11.9. The van der Waals surface area contributed by atoms with Crippen LogP contribution < -0.4 is 5.32 Å². The van der Waals surface area contributed by atoms with Crippen LogP contribution in [0.1, 0.15) is 27.5 Å². The van der Waals surface area contributed by atoms with Gasteiger partial charge in [0.1, 0.15) is 11.4 Å². The van der Waals surface area contributed by atoms with Gasteiger partial charge in [-0.2, -0.15) is 5.10 Å². The molecule has 1 aromatic carbocycles. The van der Waals surface area contributed by atoms with Crippen molar-refractivity contribution in [3.63, 3.8) is 0 Å². The molecular formula is C15H14FN3O2. The van der Waals surface area contributed by atoms with E-state index in [2.05, 4.69) is 15.5 Å². The number of amides is 1. The third-order valence-corrected chi connectivity index (χ3v) is 3.47. The molecule has 0 radical (unpaired) electrons. The zero-order valence-electron chi connectivity index (χ0n) is 11.9. The molecule has 0 saturated carbocycles. The minimum absolute atomic E-state index is 0.176. The van der Waals surface area contributed by atoms with Crippen molar-refractivity contribution in [3.05, 3.63) is 46.7 Å². The predicted octanol–water partition coefficient (Wildman–Crippen LogP) is 3.47. The van der Waals surface area contributed by atoms with Crippen molar-refractivity contribution in [2.45, 2.75) is 20.8 Å². The third kappa shape index (κ3) is 2.18. The van der Waals surface area contributed by atoms with Gasteiger partial charge >= 0.3 is 0 Å². The van der Waals surface area contributed by atoms with Gasteiger partial charge in [0.05, 0.1) is 17.1 Å². The van der Waals surface area contributed by atoms with Crippen molar-refractivity contribution in [1.82, 2.24) is 10.2 Å². The van der Waals surface area contributed by atoms with Crippen LogP contribution in [0.15, 0.2) is 22.6 Å². The molecule has 0 unspecified atom stereocenters. The molecule has 0 aliphatic heterocycles. The number of rotatable bonds is 2. The number of carbonyl (C=O) groups excluding carboxylic acids is 1. The highest BCUT2D eigenvalue weighted by Gasteiger charge is 2.20. The Morgan fingerprint density at radius 1 is 1.33 bits per heavy atom. The van der Waals surface area contributed by atoms with Gasteiger partial charge < -0.3 is 9.73 Å². The second kappa shape index (κ2) is 4.73. The van der Waals surface area contributed by atoms with Crippen molar-refractivity contribution in [2.24, 2.45) is 0 Å². The predicted molar refractivity (Wildman–Crippen MR) is 76.9 cm³/mol. The Hall–Kier alpha value is -2.63. The normalized spacial score (nSPS) is 11.0. The fourth-order valence-corrected chi connectivity index (χ4v) is 2.32. The maximum absolute atomic E-state index is 13.3. The lowest BCUT2D eigenvalue weighted by molar-refractivity contribution is 0.0997. The number of aryl methyl sites for hydroxylation is 3. The van der Waals surface area contributed by atoms with Crippen molar-refractivity contribution in [1.29, 1.82) is 0 Å². The Labute approximate surface area is 120 Å². The first-order valence-corrected chi connectivity index (χ1v) is 6.49. The van der Waals surface area contributed by atoms with Crippen LogP contribution in [0, 0.1) is 26.6 Å². The van der Waals surface area contributed by atoms with E-state index >= 15 is 0 Å². The summed E-state index contributed by atoms with van der Waals surface area (Å²) in [5.41, 5.74) is 3.19. The molecule has 2 heterocycles. The minimum atomic E-state index is -0.378. The van der Waals surface area contributed by atoms with Crippen LogP contribution in [-0.2, 0) is 0 Å². The molecular weight excluding hydrogens is 273 g/mol. The van der Waals surface area contributed by atoms with Gasteiger partial charge in [0.25, 0.3) is 5.91 Å². The second-order valence-electron chi connectivity index (χ2n) is 4.96. The molecule has 2 aromatic heterocycles. The SMILES string of the molecule is Cc1n[nH]c(C)c1NC(=O)c1oc2ccc(F)cc2c1C. The molecule has 0 bridgehead atoms. The Morgan fingerprint density at radius 3 is 2.76 bits per heavy atom. The van der Waals surface area contributed by atoms with E-state index in [-0.39, 0.29) is 17.5 Å². The minimum Gasteiger partial charge on any atom is -0.451 e. The van der Waals surface area contributed by atoms with Crippen LogP contribution >= 0.6 is 0 Å². The first-order valence-electron chi connectivity index (χ1n) is 6.49. The van der Waals surface area contributed by atoms with Crippen LogP contribution in [0.2, 0.25) is 0 Å². The number of nitrogens with one attached hydrogen (secondary N) is 2. The van der Waals surface area contributed by atoms with E-state index in [1.54, 1.807) is 13.8 Å². The number of nitrogens with zero attached hydrogens (tertiary/aromatic N) is 1. The summed E-state index contributed by atoms with van der Waals surface area (Å²) in [5, 5.41) is 10.2. The summed E-state index contributed by atoms with van der Waals surface area (Å²) in [6, 6.07) is 4.18. The molecule has 0 saturated heterocycles. The maximum atomic E-state index is 13.3. The van der Waals surface area contributed by atoms with E-state index in [1.165, 1.54) is 18.2 Å². The number of anilines is 1. The first kappa shape index (κ1) is 13.4. The van der Waals surface area contributed by atoms with Crippen molar-refractivity contribution >= 4 is 22.6 Å². The van der Waals surface area contributed by atoms with Gasteiger partial charge in [-0.05, 0) is 39.0 Å². The summed E-state index contributed by atoms with van der Waals surface area (Å²) < 4.78 is 18.8. The Balaban J connectivity index is 2.00. The summed E-state index contributed by atoms with van der Waals surface area (Å²) in [6.45, 7) is 5.34. The standard InChI is InChI=1S/C15H14FN3O2/c1-7-11-6-10(16)4-5-12(11)21-14(7)15(20)17-13-8(2)18-19-9(13)3/h4-6H,1-3H3,(H,17,20)(H,18,19). The molecule has 21 heavy (non-hydrogen) atoms. The molecule has 0 fully saturated rings. The van der Waals surface area contributed by atoms with E-state index in [1.807, 2.05) is 6.92 Å². The molecule has 3 aromatic rings. The lowest BCUT2D eigenvalue weighted by Crippen LogP contribution is -2.13. The summed E-state index contributed by atoms with van der Waals surface area (Å²) in [7, 11) is 0. The molecule has 0 spiro atoms. The molecule has 0 aliphatic carbocycles. The van der Waals surface area contributed by atoms with Gasteiger partial charge in [0, 0.05) is 10.9 Å². The second-order valence-corrected chi connectivity index (χ2v) is 4.96. The molecule has 5 nitrogen and oxygen atoms in total. The highest BCUT2D eigenvalue weighted by atomic mass is 19.1. The quantitative estimate of drug-likeness (QED) is 0.758. The van der Waals surface area contributed by atoms with E-state index in [0.717, 1.165) is 5.69 Å². The molecule has 0 aliphatic rings. The summed E-state index contributed by atoms with van der Waals surface area (Å²) in [5.74, 6) is -0.563. The lowest BCUT2D eigenvalue weighted by atomic mass is 10.1. The number of aromatic nitrogens is 2. The van der Waals surface area contributed by atoms with Crippen LogP contribution in [0.5, 0.6) is 0 Å². The average molecular weight is 287 g/mol. The summed E-state index contributed by atoms with van der Waals surface area (Å²) >= 11 is 0. The molecule has 1 amide bonds. The van der Waals surface area contributed by atoms with E-state index < -0.39 is 0 Å². The van der Waals surface area contributed by atoms with Crippen LogP contribution in [-0.4, -0.2) is 16.1 Å². The number of halogens is 1. The van der Waals surface area contributed by atoms with Gasteiger partial charge in [0.2, 0.25) is 0 Å². The van der Waals surface area contributed by atoms with Crippen LogP contribution in [0.4, 0.5) is 10.1 Å². The van der Waals surface area contributed by atoms with Crippen molar-refractivity contribution in [3.8, 4) is 0 Å². The largest absolute Gasteiger partial charge is 0.451 e. The molecule has 2 N–H and O–H groups in total. The van der Waals surface area contributed by atoms with Gasteiger partial charge in [-0.3, -0.25) is 9.89 Å². The fourth-order valence-electron chi connectivity index (χ4n) is 2.32. The molecule has 6 heteroatoms. The fraction of sp³-hybridized carbons (Fsp3) is 0.200.